The number of halogens is 2. The molecule has 19 heavy (non-hydrogen) atoms. The molecule has 1 saturated heterocycles. The van der Waals surface area contributed by atoms with E-state index in [1.807, 2.05) is 20.8 Å². The minimum Gasteiger partial charge on any atom is -0.467 e. The van der Waals surface area contributed by atoms with Crippen LogP contribution in [0, 0.1) is 11.7 Å². The van der Waals surface area contributed by atoms with Gasteiger partial charge in [0.25, 0.3) is 0 Å². The molecule has 2 rings (SSSR count). The molecule has 1 fully saturated rings. The van der Waals surface area contributed by atoms with Gasteiger partial charge in [0.05, 0.1) is 11.6 Å². The summed E-state index contributed by atoms with van der Waals surface area (Å²) >= 11 is 3.15. The Bertz CT molecular complexity index is 531. The van der Waals surface area contributed by atoms with Crippen LogP contribution in [0.15, 0.2) is 22.7 Å². The first-order valence-corrected chi connectivity index (χ1v) is 6.83. The Labute approximate surface area is 120 Å². The molecule has 2 unspecified atom stereocenters. The number of methoxy groups -OCH3 is 1. The van der Waals surface area contributed by atoms with Crippen LogP contribution in [-0.2, 0) is 19.9 Å². The van der Waals surface area contributed by atoms with Crippen LogP contribution in [-0.4, -0.2) is 18.7 Å². The zero-order chi connectivity index (χ0) is 14.4. The Morgan fingerprint density at radius 3 is 2.58 bits per heavy atom. The van der Waals surface area contributed by atoms with Gasteiger partial charge in [0.2, 0.25) is 5.60 Å². The van der Waals surface area contributed by atoms with E-state index in [1.54, 1.807) is 12.1 Å². The first-order chi connectivity index (χ1) is 8.79. The van der Waals surface area contributed by atoms with Crippen molar-refractivity contribution in [2.45, 2.75) is 32.0 Å². The molecular weight excluding hydrogens is 315 g/mol. The average Bonchev–Trinajstić information content (AvgIpc) is 3.01. The fourth-order valence-electron chi connectivity index (χ4n) is 2.66. The molecule has 0 radical (unpaired) electrons. The maximum atomic E-state index is 13.3. The molecule has 1 heterocycles. The van der Waals surface area contributed by atoms with Gasteiger partial charge in [-0.05, 0) is 46.5 Å². The summed E-state index contributed by atoms with van der Waals surface area (Å²) < 4.78 is 24.3. The second-order valence-corrected chi connectivity index (χ2v) is 6.00. The van der Waals surface area contributed by atoms with Gasteiger partial charge in [-0.2, -0.15) is 0 Å². The normalized spacial score (nSPS) is 29.4. The summed E-state index contributed by atoms with van der Waals surface area (Å²) in [6.45, 7) is 5.63. The molecular formula is C14H16BrFO3. The summed E-state index contributed by atoms with van der Waals surface area (Å²) in [6.07, 6.45) is 0. The quantitative estimate of drug-likeness (QED) is 0.629. The van der Waals surface area contributed by atoms with E-state index in [2.05, 4.69) is 15.9 Å². The van der Waals surface area contributed by atoms with Crippen LogP contribution in [0.4, 0.5) is 4.39 Å². The van der Waals surface area contributed by atoms with Gasteiger partial charge >= 0.3 is 5.97 Å². The number of esters is 1. The van der Waals surface area contributed by atoms with Crippen molar-refractivity contribution in [3.8, 4) is 0 Å². The maximum Gasteiger partial charge on any atom is 0.341 e. The highest BCUT2D eigenvalue weighted by atomic mass is 79.9. The molecule has 0 aliphatic carbocycles. The van der Waals surface area contributed by atoms with E-state index in [9.17, 15) is 9.18 Å². The van der Waals surface area contributed by atoms with Crippen LogP contribution < -0.4 is 0 Å². The lowest BCUT2D eigenvalue weighted by molar-refractivity contribution is -0.148. The number of hydrogen-bond acceptors (Lipinski definition) is 3. The highest BCUT2D eigenvalue weighted by molar-refractivity contribution is 9.10. The minimum absolute atomic E-state index is 0.0474. The Balaban J connectivity index is 2.45. The Morgan fingerprint density at radius 2 is 2.11 bits per heavy atom. The second-order valence-electron chi connectivity index (χ2n) is 5.15. The van der Waals surface area contributed by atoms with Crippen molar-refractivity contribution in [2.75, 3.05) is 7.11 Å². The Hall–Kier alpha value is -0.940. The van der Waals surface area contributed by atoms with E-state index in [0.717, 1.165) is 5.56 Å². The zero-order valence-corrected chi connectivity index (χ0v) is 12.9. The third kappa shape index (κ3) is 1.91. The van der Waals surface area contributed by atoms with Crippen LogP contribution in [0.25, 0.3) is 0 Å². The number of carbonyl (C=O) groups is 1. The molecule has 104 valence electrons. The van der Waals surface area contributed by atoms with Crippen molar-refractivity contribution in [3.05, 3.63) is 34.1 Å². The van der Waals surface area contributed by atoms with E-state index < -0.39 is 17.2 Å². The molecule has 0 N–H and O–H groups in total. The van der Waals surface area contributed by atoms with E-state index in [0.29, 0.717) is 4.47 Å². The van der Waals surface area contributed by atoms with E-state index in [1.165, 1.54) is 13.2 Å². The predicted octanol–water partition coefficient (Wildman–Crippen LogP) is 3.40. The van der Waals surface area contributed by atoms with Crippen molar-refractivity contribution < 1.29 is 18.7 Å². The molecule has 0 bridgehead atoms. The standard InChI is InChI=1S/C14H16BrFO3/c1-8(2)14(12(17)18-4)13(3,19-14)9-5-6-11(16)10(15)7-9/h5-8H,1-4H3. The predicted molar refractivity (Wildman–Crippen MR) is 72.1 cm³/mol. The zero-order valence-electron chi connectivity index (χ0n) is 11.3. The van der Waals surface area contributed by atoms with Gasteiger partial charge in [0.1, 0.15) is 11.4 Å². The van der Waals surface area contributed by atoms with Crippen LogP contribution in [0.5, 0.6) is 0 Å². The van der Waals surface area contributed by atoms with Gasteiger partial charge < -0.3 is 9.47 Å². The molecule has 1 aliphatic heterocycles. The molecule has 0 amide bonds. The van der Waals surface area contributed by atoms with Crippen molar-refractivity contribution in [3.63, 3.8) is 0 Å². The van der Waals surface area contributed by atoms with Gasteiger partial charge in [-0.1, -0.05) is 19.9 Å². The molecule has 5 heteroatoms. The Morgan fingerprint density at radius 1 is 1.47 bits per heavy atom. The van der Waals surface area contributed by atoms with E-state index >= 15 is 0 Å². The fraction of sp³-hybridized carbons (Fsp3) is 0.500. The first-order valence-electron chi connectivity index (χ1n) is 6.03. The highest BCUT2D eigenvalue weighted by Crippen LogP contribution is 2.60. The fourth-order valence-corrected chi connectivity index (χ4v) is 3.03. The topological polar surface area (TPSA) is 38.8 Å². The van der Waals surface area contributed by atoms with Crippen LogP contribution >= 0.6 is 15.9 Å². The van der Waals surface area contributed by atoms with E-state index in [-0.39, 0.29) is 11.7 Å². The van der Waals surface area contributed by atoms with Crippen molar-refractivity contribution >= 4 is 21.9 Å². The van der Waals surface area contributed by atoms with Crippen LogP contribution in [0.3, 0.4) is 0 Å². The lowest BCUT2D eigenvalue weighted by Crippen LogP contribution is -2.37. The monoisotopic (exact) mass is 330 g/mol. The average molecular weight is 331 g/mol. The van der Waals surface area contributed by atoms with Crippen LogP contribution in [0.2, 0.25) is 0 Å². The summed E-state index contributed by atoms with van der Waals surface area (Å²) in [4.78, 5) is 12.0. The molecule has 1 aliphatic rings. The third-order valence-corrected chi connectivity index (χ3v) is 4.41. The van der Waals surface area contributed by atoms with Crippen molar-refractivity contribution in [2.24, 2.45) is 5.92 Å². The molecule has 1 aromatic rings. The van der Waals surface area contributed by atoms with Crippen molar-refractivity contribution in [1.82, 2.24) is 0 Å². The smallest absolute Gasteiger partial charge is 0.341 e. The molecule has 0 spiro atoms. The molecule has 0 aromatic heterocycles. The summed E-state index contributed by atoms with van der Waals surface area (Å²) in [5, 5.41) is 0. The number of benzene rings is 1. The summed E-state index contributed by atoms with van der Waals surface area (Å²) in [7, 11) is 1.34. The van der Waals surface area contributed by atoms with Gasteiger partial charge in [0.15, 0.2) is 0 Å². The van der Waals surface area contributed by atoms with Gasteiger partial charge in [0, 0.05) is 0 Å². The highest BCUT2D eigenvalue weighted by Gasteiger charge is 2.75. The second kappa shape index (κ2) is 4.56. The Kier molecular flexibility index (Phi) is 3.47. The van der Waals surface area contributed by atoms with E-state index in [4.69, 9.17) is 9.47 Å². The maximum absolute atomic E-state index is 13.3. The number of epoxide rings is 1. The van der Waals surface area contributed by atoms with Gasteiger partial charge in [-0.15, -0.1) is 0 Å². The lowest BCUT2D eigenvalue weighted by Gasteiger charge is -2.19. The van der Waals surface area contributed by atoms with Gasteiger partial charge in [-0.3, -0.25) is 0 Å². The molecule has 3 nitrogen and oxygen atoms in total. The SMILES string of the molecule is COC(=O)C1(C(C)C)OC1(C)c1ccc(F)c(Br)c1. The lowest BCUT2D eigenvalue weighted by atomic mass is 9.80. The summed E-state index contributed by atoms with van der Waals surface area (Å²) in [5.41, 5.74) is -1.04. The molecule has 0 saturated carbocycles. The van der Waals surface area contributed by atoms with Gasteiger partial charge in [-0.25, -0.2) is 9.18 Å². The van der Waals surface area contributed by atoms with Crippen LogP contribution in [0.1, 0.15) is 26.3 Å². The number of rotatable bonds is 3. The first kappa shape index (κ1) is 14.5. The summed E-state index contributed by atoms with van der Waals surface area (Å²) in [5.74, 6) is -0.791. The minimum atomic E-state index is -1.00. The largest absolute Gasteiger partial charge is 0.467 e. The molecule has 1 aromatic carbocycles. The summed E-state index contributed by atoms with van der Waals surface area (Å²) in [6, 6.07) is 4.63. The third-order valence-electron chi connectivity index (χ3n) is 3.80. The number of carbonyl (C=O) groups excluding carboxylic acids is 1. The molecule has 2 atom stereocenters. The number of ether oxygens (including phenoxy) is 2. The number of hydrogen-bond donors (Lipinski definition) is 0. The van der Waals surface area contributed by atoms with Crippen molar-refractivity contribution in [1.29, 1.82) is 0 Å².